The predicted molar refractivity (Wildman–Crippen MR) is 340 cm³/mol. The van der Waals surface area contributed by atoms with Crippen LogP contribution in [0.1, 0.15) is 330 Å². The molecule has 0 aromatic rings. The zero-order valence-electron chi connectivity index (χ0n) is 54.9. The highest BCUT2D eigenvalue weighted by Crippen LogP contribution is 2.45. The summed E-state index contributed by atoms with van der Waals surface area (Å²) >= 11 is 0. The van der Waals surface area contributed by atoms with Gasteiger partial charge in [-0.15, -0.1) is 0 Å². The van der Waals surface area contributed by atoms with E-state index in [0.29, 0.717) is 25.7 Å². The van der Waals surface area contributed by atoms with Crippen molar-refractivity contribution in [1.82, 2.24) is 0 Å². The van der Waals surface area contributed by atoms with Crippen molar-refractivity contribution in [1.29, 1.82) is 0 Å². The smallest absolute Gasteiger partial charge is 0.462 e. The van der Waals surface area contributed by atoms with Gasteiger partial charge in [0.05, 0.1) is 26.4 Å². The van der Waals surface area contributed by atoms with Crippen LogP contribution in [0.25, 0.3) is 0 Å². The second-order valence-electron chi connectivity index (χ2n) is 24.8. The topological polar surface area (TPSA) is 237 Å². The number of carbonyl (C=O) groups is 4. The maximum absolute atomic E-state index is 13.0. The lowest BCUT2D eigenvalue weighted by molar-refractivity contribution is -0.161. The van der Waals surface area contributed by atoms with Crippen LogP contribution >= 0.6 is 15.6 Å². The van der Waals surface area contributed by atoms with Gasteiger partial charge < -0.3 is 33.8 Å². The van der Waals surface area contributed by atoms with Crippen LogP contribution in [-0.2, 0) is 65.4 Å². The Hall–Kier alpha value is -1.94. The molecule has 0 aromatic carbocycles. The van der Waals surface area contributed by atoms with Crippen molar-refractivity contribution in [2.24, 2.45) is 11.8 Å². The molecule has 0 rings (SSSR count). The molecule has 0 bridgehead atoms. The number of aliphatic hydroxyl groups excluding tert-OH is 1. The second-order valence-corrected chi connectivity index (χ2v) is 27.7. The van der Waals surface area contributed by atoms with E-state index in [-0.39, 0.29) is 25.7 Å². The van der Waals surface area contributed by atoms with Gasteiger partial charge in [0, 0.05) is 25.7 Å². The molecule has 0 amide bonds. The van der Waals surface area contributed by atoms with Crippen LogP contribution in [0, 0.1) is 11.8 Å². The molecule has 0 aliphatic carbocycles. The predicted octanol–water partition coefficient (Wildman–Crippen LogP) is 18.4. The fraction of sp³-hybridized carbons (Fsp3) is 0.939. The van der Waals surface area contributed by atoms with Gasteiger partial charge in [-0.25, -0.2) is 9.13 Å². The van der Waals surface area contributed by atoms with E-state index in [4.69, 9.17) is 37.0 Å². The number of phosphoric acid groups is 2. The molecule has 85 heavy (non-hydrogen) atoms. The summed E-state index contributed by atoms with van der Waals surface area (Å²) in [5, 5.41) is 10.5. The minimum atomic E-state index is -4.95. The van der Waals surface area contributed by atoms with Crippen LogP contribution in [0.5, 0.6) is 0 Å². The molecule has 0 aliphatic rings. The summed E-state index contributed by atoms with van der Waals surface area (Å²) < 4.78 is 67.9. The molecule has 0 saturated carbocycles. The Morgan fingerprint density at radius 1 is 0.318 bits per heavy atom. The van der Waals surface area contributed by atoms with Gasteiger partial charge in [0.1, 0.15) is 19.3 Å². The highest BCUT2D eigenvalue weighted by molar-refractivity contribution is 7.47. The molecule has 0 fully saturated rings. The second kappa shape index (κ2) is 58.4. The molecule has 5 atom stereocenters. The van der Waals surface area contributed by atoms with E-state index >= 15 is 0 Å². The highest BCUT2D eigenvalue weighted by Gasteiger charge is 2.30. The Kier molecular flexibility index (Phi) is 57.1. The lowest BCUT2D eigenvalue weighted by atomic mass is 10.0. The summed E-state index contributed by atoms with van der Waals surface area (Å²) in [5.41, 5.74) is 0. The van der Waals surface area contributed by atoms with Gasteiger partial charge in [0.15, 0.2) is 12.2 Å². The number of esters is 4. The van der Waals surface area contributed by atoms with Gasteiger partial charge in [-0.05, 0) is 37.5 Å². The van der Waals surface area contributed by atoms with E-state index in [0.717, 1.165) is 108 Å². The van der Waals surface area contributed by atoms with Crippen LogP contribution < -0.4 is 0 Å². The van der Waals surface area contributed by atoms with E-state index < -0.39 is 97.5 Å². The first-order valence-corrected chi connectivity index (χ1v) is 37.5. The van der Waals surface area contributed by atoms with Crippen molar-refractivity contribution in [3.63, 3.8) is 0 Å². The molecular weight excluding hydrogens is 1130 g/mol. The fourth-order valence-electron chi connectivity index (χ4n) is 9.88. The highest BCUT2D eigenvalue weighted by atomic mass is 31.2. The molecule has 0 aromatic heterocycles. The third kappa shape index (κ3) is 60.7. The largest absolute Gasteiger partial charge is 0.472 e. The molecule has 17 nitrogen and oxygen atoms in total. The third-order valence-corrected chi connectivity index (χ3v) is 17.1. The molecule has 0 radical (unpaired) electrons. The third-order valence-electron chi connectivity index (χ3n) is 15.2. The first-order chi connectivity index (χ1) is 40.9. The Morgan fingerprint density at radius 2 is 0.541 bits per heavy atom. The van der Waals surface area contributed by atoms with E-state index in [9.17, 15) is 43.2 Å². The summed E-state index contributed by atoms with van der Waals surface area (Å²) in [7, 11) is -9.88. The van der Waals surface area contributed by atoms with Gasteiger partial charge in [-0.1, -0.05) is 279 Å². The molecule has 3 N–H and O–H groups in total. The summed E-state index contributed by atoms with van der Waals surface area (Å²) in [6, 6.07) is 0. The molecule has 0 heterocycles. The maximum atomic E-state index is 13.0. The zero-order chi connectivity index (χ0) is 62.9. The number of unbranched alkanes of at least 4 members (excludes halogenated alkanes) is 35. The Balaban J connectivity index is 5.17. The van der Waals surface area contributed by atoms with Crippen molar-refractivity contribution >= 4 is 39.5 Å². The van der Waals surface area contributed by atoms with Gasteiger partial charge in [0.2, 0.25) is 0 Å². The van der Waals surface area contributed by atoms with Gasteiger partial charge in [-0.2, -0.15) is 0 Å². The average molecular weight is 1260 g/mol. The van der Waals surface area contributed by atoms with Crippen molar-refractivity contribution in [2.45, 2.75) is 349 Å². The van der Waals surface area contributed by atoms with Crippen LogP contribution in [0.3, 0.4) is 0 Å². The van der Waals surface area contributed by atoms with E-state index in [1.807, 2.05) is 0 Å². The van der Waals surface area contributed by atoms with Gasteiger partial charge in [0.25, 0.3) is 0 Å². The maximum Gasteiger partial charge on any atom is 0.472 e. The molecule has 19 heteroatoms. The molecule has 2 unspecified atom stereocenters. The first-order valence-electron chi connectivity index (χ1n) is 34.5. The van der Waals surface area contributed by atoms with Crippen molar-refractivity contribution in [3.05, 3.63) is 0 Å². The quantitative estimate of drug-likeness (QED) is 0.0222. The number of ether oxygens (including phenoxy) is 4. The number of phosphoric ester groups is 2. The summed E-state index contributed by atoms with van der Waals surface area (Å²) in [5.74, 6) is -0.610. The number of rotatable bonds is 65. The fourth-order valence-corrected chi connectivity index (χ4v) is 11.5. The number of carbonyl (C=O) groups excluding carboxylic acids is 4. The standard InChI is InChI=1S/C66H128O17P2/c1-7-9-11-13-14-15-16-21-26-32-38-44-50-65(70)82-61(54-76-63(68)48-42-34-12-10-8-2)56-80-84(72,73)78-52-60(67)53-79-85(74,75)81-57-62(55-77-64(69)49-43-37-31-28-23-25-30-36-41-47-59(5)6)83-66(71)51-45-39-33-27-22-19-17-18-20-24-29-35-40-46-58(3)4/h58-62,67H,7-57H2,1-6H3,(H,72,73)(H,74,75)/t60-,61+,62+/m0/s1. The molecular formula is C66H128O17P2. The van der Waals surface area contributed by atoms with Crippen molar-refractivity contribution in [3.8, 4) is 0 Å². The first kappa shape index (κ1) is 83.1. The molecule has 0 aliphatic heterocycles. The van der Waals surface area contributed by atoms with Crippen LogP contribution in [0.2, 0.25) is 0 Å². The lowest BCUT2D eigenvalue weighted by Gasteiger charge is -2.21. The van der Waals surface area contributed by atoms with Crippen molar-refractivity contribution < 1.29 is 80.2 Å². The molecule has 504 valence electrons. The monoisotopic (exact) mass is 1250 g/mol. The Morgan fingerprint density at radius 3 is 0.800 bits per heavy atom. The minimum Gasteiger partial charge on any atom is -0.462 e. The Labute approximate surface area is 517 Å². The summed E-state index contributed by atoms with van der Waals surface area (Å²) in [4.78, 5) is 72.1. The Bertz CT molecular complexity index is 1670. The number of hydrogen-bond donors (Lipinski definition) is 3. The minimum absolute atomic E-state index is 0.106. The van der Waals surface area contributed by atoms with Gasteiger partial charge in [-0.3, -0.25) is 37.3 Å². The van der Waals surface area contributed by atoms with Crippen LogP contribution in [-0.4, -0.2) is 96.7 Å². The van der Waals surface area contributed by atoms with E-state index in [1.165, 1.54) is 141 Å². The normalized spacial score (nSPS) is 14.2. The van der Waals surface area contributed by atoms with Crippen LogP contribution in [0.15, 0.2) is 0 Å². The van der Waals surface area contributed by atoms with E-state index in [1.54, 1.807) is 0 Å². The number of hydrogen-bond acceptors (Lipinski definition) is 15. The molecule has 0 saturated heterocycles. The summed E-state index contributed by atoms with van der Waals surface area (Å²) in [6.45, 7) is 9.43. The van der Waals surface area contributed by atoms with Crippen molar-refractivity contribution in [2.75, 3.05) is 39.6 Å². The average Bonchev–Trinajstić information content (AvgIpc) is 3.58. The lowest BCUT2D eigenvalue weighted by Crippen LogP contribution is -2.30. The van der Waals surface area contributed by atoms with Gasteiger partial charge >= 0.3 is 39.5 Å². The zero-order valence-corrected chi connectivity index (χ0v) is 56.7. The number of aliphatic hydroxyl groups is 1. The van der Waals surface area contributed by atoms with E-state index in [2.05, 4.69) is 41.5 Å². The summed E-state index contributed by atoms with van der Waals surface area (Å²) in [6.07, 6.45) is 42.0. The molecule has 0 spiro atoms. The van der Waals surface area contributed by atoms with Crippen LogP contribution in [0.4, 0.5) is 0 Å². The SMILES string of the molecule is CCCCCCCCCCCCCCC(=O)O[C@H](COC(=O)CCCCCCC)COP(=O)(O)OC[C@H](O)COP(=O)(O)OC[C@@H](COC(=O)CCCCCCCCCCCC(C)C)OC(=O)CCCCCCCCCCCCCCCC(C)C.